The van der Waals surface area contributed by atoms with Crippen LogP contribution in [0.1, 0.15) is 5.56 Å². The van der Waals surface area contributed by atoms with Crippen molar-refractivity contribution in [2.24, 2.45) is 0 Å². The molecule has 0 aliphatic carbocycles. The number of alkyl halides is 3. The number of hydrogen-bond acceptors (Lipinski definition) is 5. The molecule has 10 heteroatoms. The number of benzene rings is 2. The summed E-state index contributed by atoms with van der Waals surface area (Å²) >= 11 is 5.53. The number of rotatable bonds is 5. The van der Waals surface area contributed by atoms with E-state index < -0.39 is 29.3 Å². The van der Waals surface area contributed by atoms with Crippen LogP contribution in [0.5, 0.6) is 6.08 Å². The molecule has 2 aromatic carbocycles. The Morgan fingerprint density at radius 1 is 1.15 bits per heavy atom. The van der Waals surface area contributed by atoms with Crippen molar-refractivity contribution in [1.29, 1.82) is 0 Å². The van der Waals surface area contributed by atoms with E-state index in [4.69, 9.17) is 20.8 Å². The van der Waals surface area contributed by atoms with E-state index in [-0.39, 0.29) is 17.7 Å². The Kier molecular flexibility index (Phi) is 5.31. The molecule has 0 saturated carbocycles. The third-order valence-electron chi connectivity index (χ3n) is 3.31. The number of aromatic nitrogens is 2. The lowest BCUT2D eigenvalue weighted by Gasteiger charge is -2.11. The molecule has 0 spiro atoms. The number of halogens is 4. The Morgan fingerprint density at radius 2 is 1.89 bits per heavy atom. The van der Waals surface area contributed by atoms with E-state index in [1.165, 1.54) is 6.07 Å². The van der Waals surface area contributed by atoms with E-state index >= 15 is 0 Å². The molecule has 27 heavy (non-hydrogen) atoms. The van der Waals surface area contributed by atoms with Gasteiger partial charge in [0.2, 0.25) is 0 Å². The number of ether oxygens (including phenoxy) is 1. The number of nitrogens with zero attached hydrogens (tertiary/aromatic N) is 2. The number of anilines is 1. The summed E-state index contributed by atoms with van der Waals surface area (Å²) in [6.45, 7) is -0.527. The highest BCUT2D eigenvalue weighted by Crippen LogP contribution is 2.36. The smallest absolute Gasteiger partial charge is 0.417 e. The molecule has 1 aromatic heterocycles. The summed E-state index contributed by atoms with van der Waals surface area (Å²) in [6, 6.07) is 11.9. The number of carbonyl (C=O) groups is 1. The van der Waals surface area contributed by atoms with E-state index in [9.17, 15) is 18.0 Å². The Balaban J connectivity index is 1.60. The van der Waals surface area contributed by atoms with Crippen molar-refractivity contribution in [3.63, 3.8) is 0 Å². The zero-order chi connectivity index (χ0) is 19.4. The minimum absolute atomic E-state index is 0.0733. The zero-order valence-electron chi connectivity index (χ0n) is 13.5. The maximum atomic E-state index is 12.8. The second-order valence-electron chi connectivity index (χ2n) is 5.27. The van der Waals surface area contributed by atoms with Crippen LogP contribution in [0, 0.1) is 0 Å². The first-order chi connectivity index (χ1) is 12.8. The molecule has 0 radical (unpaired) electrons. The van der Waals surface area contributed by atoms with Crippen molar-refractivity contribution in [2.75, 3.05) is 11.9 Å². The molecule has 3 aromatic rings. The monoisotopic (exact) mass is 397 g/mol. The third-order valence-corrected chi connectivity index (χ3v) is 3.64. The molecule has 140 valence electrons. The van der Waals surface area contributed by atoms with Gasteiger partial charge in [-0.15, -0.1) is 5.10 Å². The summed E-state index contributed by atoms with van der Waals surface area (Å²) in [6.07, 6.45) is -4.87. The fourth-order valence-electron chi connectivity index (χ4n) is 2.11. The summed E-state index contributed by atoms with van der Waals surface area (Å²) in [7, 11) is 0. The van der Waals surface area contributed by atoms with Crippen LogP contribution >= 0.6 is 11.6 Å². The van der Waals surface area contributed by atoms with E-state index in [2.05, 4.69) is 15.5 Å². The number of carbonyl (C=O) groups excluding carboxylic acids is 1. The quantitative estimate of drug-likeness (QED) is 0.689. The van der Waals surface area contributed by atoms with E-state index in [0.29, 0.717) is 5.56 Å². The fraction of sp³-hybridized carbons (Fsp3) is 0.118. The van der Waals surface area contributed by atoms with Gasteiger partial charge in [0.1, 0.15) is 0 Å². The second-order valence-corrected chi connectivity index (χ2v) is 5.68. The van der Waals surface area contributed by atoms with Crippen LogP contribution in [0.4, 0.5) is 18.9 Å². The molecule has 6 nitrogen and oxygen atoms in total. The van der Waals surface area contributed by atoms with Gasteiger partial charge in [-0.3, -0.25) is 4.79 Å². The van der Waals surface area contributed by atoms with Crippen LogP contribution in [-0.2, 0) is 11.0 Å². The molecular formula is C17H11ClF3N3O3. The SMILES string of the molecule is O=C(COc1nnc(-c2ccccc2)o1)Nc1ccc(Cl)c(C(F)(F)F)c1. The number of amides is 1. The normalized spacial score (nSPS) is 11.3. The lowest BCUT2D eigenvalue weighted by atomic mass is 10.2. The summed E-state index contributed by atoms with van der Waals surface area (Å²) in [5, 5.41) is 9.24. The summed E-state index contributed by atoms with van der Waals surface area (Å²) in [5.41, 5.74) is -0.451. The molecule has 1 heterocycles. The van der Waals surface area contributed by atoms with Gasteiger partial charge in [0.25, 0.3) is 11.8 Å². The van der Waals surface area contributed by atoms with E-state index in [1.54, 1.807) is 24.3 Å². The topological polar surface area (TPSA) is 77.2 Å². The van der Waals surface area contributed by atoms with Gasteiger partial charge in [-0.05, 0) is 30.3 Å². The maximum absolute atomic E-state index is 12.8. The molecule has 0 aliphatic rings. The molecule has 0 fully saturated rings. The lowest BCUT2D eigenvalue weighted by Crippen LogP contribution is -2.20. The lowest BCUT2D eigenvalue weighted by molar-refractivity contribution is -0.137. The summed E-state index contributed by atoms with van der Waals surface area (Å²) in [5.74, 6) is -0.497. The molecule has 0 unspecified atom stereocenters. The maximum Gasteiger partial charge on any atom is 0.417 e. The minimum Gasteiger partial charge on any atom is -0.439 e. The average molecular weight is 398 g/mol. The Morgan fingerprint density at radius 3 is 2.59 bits per heavy atom. The zero-order valence-corrected chi connectivity index (χ0v) is 14.2. The third kappa shape index (κ3) is 4.76. The van der Waals surface area contributed by atoms with Crippen LogP contribution in [0.3, 0.4) is 0 Å². The van der Waals surface area contributed by atoms with Crippen LogP contribution in [0.2, 0.25) is 5.02 Å². The highest BCUT2D eigenvalue weighted by molar-refractivity contribution is 6.31. The second kappa shape index (κ2) is 7.67. The van der Waals surface area contributed by atoms with Crippen molar-refractivity contribution in [2.45, 2.75) is 6.18 Å². The van der Waals surface area contributed by atoms with Crippen LogP contribution in [0.15, 0.2) is 52.9 Å². The first kappa shape index (κ1) is 18.7. The van der Waals surface area contributed by atoms with Crippen molar-refractivity contribution in [3.05, 3.63) is 59.1 Å². The predicted octanol–water partition coefficient (Wildman–Crippen LogP) is 4.43. The first-order valence-corrected chi connectivity index (χ1v) is 7.89. The first-order valence-electron chi connectivity index (χ1n) is 7.51. The number of nitrogens with one attached hydrogen (secondary N) is 1. The van der Waals surface area contributed by atoms with Crippen molar-refractivity contribution in [1.82, 2.24) is 10.2 Å². The predicted molar refractivity (Wildman–Crippen MR) is 90.3 cm³/mol. The summed E-state index contributed by atoms with van der Waals surface area (Å²) in [4.78, 5) is 11.9. The summed E-state index contributed by atoms with van der Waals surface area (Å²) < 4.78 is 48.8. The molecule has 0 saturated heterocycles. The minimum atomic E-state index is -4.63. The largest absolute Gasteiger partial charge is 0.439 e. The molecular weight excluding hydrogens is 387 g/mol. The van der Waals surface area contributed by atoms with Crippen molar-refractivity contribution >= 4 is 23.2 Å². The van der Waals surface area contributed by atoms with Gasteiger partial charge < -0.3 is 14.5 Å². The Hall–Kier alpha value is -3.07. The van der Waals surface area contributed by atoms with Gasteiger partial charge in [0.15, 0.2) is 6.61 Å². The van der Waals surface area contributed by atoms with E-state index in [0.717, 1.165) is 12.1 Å². The molecule has 1 amide bonds. The van der Waals surface area contributed by atoms with Crippen LogP contribution in [0.25, 0.3) is 11.5 Å². The molecule has 3 rings (SSSR count). The highest BCUT2D eigenvalue weighted by Gasteiger charge is 2.33. The van der Waals surface area contributed by atoms with Gasteiger partial charge in [-0.25, -0.2) is 0 Å². The van der Waals surface area contributed by atoms with Crippen molar-refractivity contribution < 1.29 is 27.1 Å². The van der Waals surface area contributed by atoms with Crippen molar-refractivity contribution in [3.8, 4) is 17.5 Å². The van der Waals surface area contributed by atoms with Gasteiger partial charge in [0, 0.05) is 11.3 Å². The van der Waals surface area contributed by atoms with Gasteiger partial charge >= 0.3 is 12.3 Å². The number of hydrogen-bond donors (Lipinski definition) is 1. The molecule has 0 atom stereocenters. The molecule has 0 aliphatic heterocycles. The van der Waals surface area contributed by atoms with Crippen LogP contribution in [-0.4, -0.2) is 22.7 Å². The van der Waals surface area contributed by atoms with Gasteiger partial charge in [-0.2, -0.15) is 13.2 Å². The van der Waals surface area contributed by atoms with Gasteiger partial charge in [-0.1, -0.05) is 34.9 Å². The Bertz CT molecular complexity index is 945. The molecule has 1 N–H and O–H groups in total. The fourth-order valence-corrected chi connectivity index (χ4v) is 2.33. The van der Waals surface area contributed by atoms with E-state index in [1.807, 2.05) is 6.07 Å². The highest BCUT2D eigenvalue weighted by atomic mass is 35.5. The van der Waals surface area contributed by atoms with Gasteiger partial charge in [0.05, 0.1) is 10.6 Å². The van der Waals surface area contributed by atoms with Crippen LogP contribution < -0.4 is 10.1 Å². The molecule has 0 bridgehead atoms. The Labute approximate surface area is 155 Å². The standard InChI is InChI=1S/C17H11ClF3N3O3/c18-13-7-6-11(8-12(13)17(19,20)21)22-14(25)9-26-16-24-23-15(27-16)10-4-2-1-3-5-10/h1-8H,9H2,(H,22,25). The average Bonchev–Trinajstić information content (AvgIpc) is 3.10.